The van der Waals surface area contributed by atoms with E-state index in [0.29, 0.717) is 12.2 Å². The Kier molecular flexibility index (Phi) is 10.3. The van der Waals surface area contributed by atoms with Crippen LogP contribution in [0.25, 0.3) is 0 Å². The molecule has 0 heterocycles. The number of Topliss-reactive ketones (excluding diaryl/α,β-unsaturated/α-hetero) is 1. The van der Waals surface area contributed by atoms with Crippen LogP contribution < -0.4 is 5.32 Å². The molecular weight excluding hydrogens is 198 g/mol. The lowest BCUT2D eigenvalue weighted by Gasteiger charge is -2.21. The first-order chi connectivity index (χ1) is 6.13. The zero-order chi connectivity index (χ0) is 11.4. The summed E-state index contributed by atoms with van der Waals surface area (Å²) in [5.41, 5.74) is -0.0213. The second kappa shape index (κ2) is 7.83. The molecule has 0 radical (unpaired) electrons. The number of hydrogen-bond acceptors (Lipinski definition) is 2. The van der Waals surface area contributed by atoms with Crippen molar-refractivity contribution in [2.75, 3.05) is 6.54 Å². The quantitative estimate of drug-likeness (QED) is 0.740. The van der Waals surface area contributed by atoms with Crippen molar-refractivity contribution in [1.29, 1.82) is 0 Å². The lowest BCUT2D eigenvalue weighted by atomic mass is 9.88. The summed E-state index contributed by atoms with van der Waals surface area (Å²) in [5, 5.41) is 3.38. The highest BCUT2D eigenvalue weighted by Gasteiger charge is 2.20. The number of rotatable bonds is 4. The van der Waals surface area contributed by atoms with Gasteiger partial charge >= 0.3 is 0 Å². The summed E-state index contributed by atoms with van der Waals surface area (Å²) in [4.78, 5) is 11.6. The summed E-state index contributed by atoms with van der Waals surface area (Å²) in [6, 6.07) is 0. The van der Waals surface area contributed by atoms with Crippen LogP contribution in [0.2, 0.25) is 0 Å². The van der Waals surface area contributed by atoms with Gasteiger partial charge in [0.1, 0.15) is 5.78 Å². The molecule has 0 aromatic heterocycles. The Labute approximate surface area is 103 Å². The maximum absolute atomic E-state index is 11.6. The lowest BCUT2D eigenvalue weighted by Crippen LogP contribution is -2.36. The first-order valence-corrected chi connectivity index (χ1v) is 5.41. The second-order valence-electron chi connectivity index (χ2n) is 5.95. The summed E-state index contributed by atoms with van der Waals surface area (Å²) >= 11 is 0. The van der Waals surface area contributed by atoms with Crippen molar-refractivity contribution in [1.82, 2.24) is 5.32 Å². The number of hydrogen-bond donors (Lipinski definition) is 1. The first-order valence-electron chi connectivity index (χ1n) is 5.41. The van der Waals surface area contributed by atoms with E-state index in [1.165, 1.54) is 0 Å². The number of carbonyl (C=O) groups is 1. The van der Waals surface area contributed by atoms with Gasteiger partial charge < -0.3 is 5.32 Å². The summed E-state index contributed by atoms with van der Waals surface area (Å²) in [6.07, 6.45) is 1.62. The molecule has 0 saturated heterocycles. The van der Waals surface area contributed by atoms with E-state index in [0.717, 1.165) is 13.0 Å². The predicted octanol–water partition coefficient (Wildman–Crippen LogP) is 4.04. The average molecular weight is 231 g/mol. The van der Waals surface area contributed by atoms with Gasteiger partial charge in [0, 0.05) is 17.4 Å². The van der Waals surface area contributed by atoms with Crippen molar-refractivity contribution >= 4 is 5.78 Å². The molecule has 0 spiro atoms. The maximum atomic E-state index is 11.6. The van der Waals surface area contributed by atoms with Crippen molar-refractivity contribution in [3.05, 3.63) is 0 Å². The molecule has 0 amide bonds. The second-order valence-corrected chi connectivity index (χ2v) is 5.95. The van der Waals surface area contributed by atoms with E-state index in [1.54, 1.807) is 0 Å². The minimum atomic E-state index is -0.179. The third-order valence-electron chi connectivity index (χ3n) is 2.07. The number of nitrogens with one attached hydrogen (secondary N) is 1. The molecular formula is C14H33NO. The number of ketones is 1. The zero-order valence-corrected chi connectivity index (χ0v) is 10.5. The fourth-order valence-electron chi connectivity index (χ4n) is 1.09. The molecule has 0 atom stereocenters. The van der Waals surface area contributed by atoms with Gasteiger partial charge in [0.05, 0.1) is 0 Å². The van der Waals surface area contributed by atoms with Gasteiger partial charge in [0.25, 0.3) is 0 Å². The van der Waals surface area contributed by atoms with Crippen molar-refractivity contribution in [3.8, 4) is 0 Å². The highest BCUT2D eigenvalue weighted by molar-refractivity contribution is 5.83. The molecule has 0 rings (SSSR count). The fraction of sp³-hybridized carbons (Fsp3) is 0.929. The Morgan fingerprint density at radius 1 is 1.00 bits per heavy atom. The van der Waals surface area contributed by atoms with Gasteiger partial charge in [0.15, 0.2) is 0 Å². The third kappa shape index (κ3) is 11.7. The van der Waals surface area contributed by atoms with Gasteiger partial charge in [-0.05, 0) is 33.7 Å². The van der Waals surface area contributed by atoms with E-state index in [-0.39, 0.29) is 25.8 Å². The molecule has 0 saturated carbocycles. The van der Waals surface area contributed by atoms with Gasteiger partial charge in [0.2, 0.25) is 0 Å². The van der Waals surface area contributed by atoms with Crippen LogP contribution in [0.4, 0.5) is 0 Å². The molecule has 2 heteroatoms. The lowest BCUT2D eigenvalue weighted by molar-refractivity contribution is -0.126. The van der Waals surface area contributed by atoms with E-state index < -0.39 is 0 Å². The highest BCUT2D eigenvalue weighted by atomic mass is 16.1. The van der Waals surface area contributed by atoms with E-state index in [9.17, 15) is 4.79 Å². The molecule has 1 N–H and O–H groups in total. The Morgan fingerprint density at radius 2 is 1.44 bits per heavy atom. The Balaban J connectivity index is -0.000000845. The van der Waals surface area contributed by atoms with Crippen LogP contribution in [0.15, 0.2) is 0 Å². The van der Waals surface area contributed by atoms with Crippen LogP contribution in [0, 0.1) is 5.41 Å². The molecule has 0 bridgehead atoms. The topological polar surface area (TPSA) is 29.1 Å². The monoisotopic (exact) mass is 231 g/mol. The Hall–Kier alpha value is -0.370. The largest absolute Gasteiger partial charge is 0.312 e. The zero-order valence-electron chi connectivity index (χ0n) is 10.5. The van der Waals surface area contributed by atoms with Crippen LogP contribution in [-0.2, 0) is 4.79 Å². The van der Waals surface area contributed by atoms with Gasteiger partial charge in [-0.25, -0.2) is 0 Å². The molecule has 0 unspecified atom stereocenters. The molecule has 0 fully saturated rings. The first kappa shape index (κ1) is 21.0. The van der Waals surface area contributed by atoms with Gasteiger partial charge in [-0.15, -0.1) is 0 Å². The van der Waals surface area contributed by atoms with Gasteiger partial charge in [-0.1, -0.05) is 35.6 Å². The smallest absolute Gasteiger partial charge is 0.138 e. The van der Waals surface area contributed by atoms with Crippen LogP contribution >= 0.6 is 0 Å². The third-order valence-corrected chi connectivity index (χ3v) is 2.07. The Morgan fingerprint density at radius 3 is 1.75 bits per heavy atom. The van der Waals surface area contributed by atoms with Crippen LogP contribution in [0.3, 0.4) is 0 Å². The minimum Gasteiger partial charge on any atom is -0.312 e. The fourth-order valence-corrected chi connectivity index (χ4v) is 1.09. The molecule has 0 aromatic rings. The van der Waals surface area contributed by atoms with E-state index >= 15 is 0 Å². The SMILES string of the molecule is C.C.CC(C)(C)NCCCC(=O)C(C)(C)C. The molecule has 0 aliphatic rings. The molecule has 100 valence electrons. The molecule has 2 nitrogen and oxygen atoms in total. The predicted molar refractivity (Wildman–Crippen MR) is 74.9 cm³/mol. The Bertz CT molecular complexity index is 184. The normalized spacial score (nSPS) is 11.4. The maximum Gasteiger partial charge on any atom is 0.138 e. The van der Waals surface area contributed by atoms with Gasteiger partial charge in [-0.3, -0.25) is 4.79 Å². The van der Waals surface area contributed by atoms with Crippen LogP contribution in [0.1, 0.15) is 69.2 Å². The van der Waals surface area contributed by atoms with Crippen molar-refractivity contribution in [2.45, 2.75) is 74.8 Å². The standard InChI is InChI=1S/C12H25NO.2CH4/c1-11(2,3)10(14)8-7-9-13-12(4,5)6;;/h13H,7-9H2,1-6H3;2*1H4. The van der Waals surface area contributed by atoms with Crippen LogP contribution in [-0.4, -0.2) is 17.9 Å². The van der Waals surface area contributed by atoms with Gasteiger partial charge in [-0.2, -0.15) is 0 Å². The van der Waals surface area contributed by atoms with E-state index in [4.69, 9.17) is 0 Å². The van der Waals surface area contributed by atoms with E-state index in [2.05, 4.69) is 26.1 Å². The van der Waals surface area contributed by atoms with Crippen molar-refractivity contribution < 1.29 is 4.79 Å². The molecule has 0 aliphatic heterocycles. The minimum absolute atomic E-state index is 0. The summed E-state index contributed by atoms with van der Waals surface area (Å²) < 4.78 is 0. The number of carbonyl (C=O) groups excluding carboxylic acids is 1. The molecule has 0 aliphatic carbocycles. The summed E-state index contributed by atoms with van der Waals surface area (Å²) in [5.74, 6) is 0.355. The van der Waals surface area contributed by atoms with Crippen molar-refractivity contribution in [3.63, 3.8) is 0 Å². The van der Waals surface area contributed by atoms with E-state index in [1.807, 2.05) is 20.8 Å². The van der Waals surface area contributed by atoms with Crippen molar-refractivity contribution in [2.24, 2.45) is 5.41 Å². The molecule has 16 heavy (non-hydrogen) atoms. The van der Waals surface area contributed by atoms with Crippen LogP contribution in [0.5, 0.6) is 0 Å². The average Bonchev–Trinajstić information content (AvgIpc) is 1.93. The summed E-state index contributed by atoms with van der Waals surface area (Å²) in [6.45, 7) is 13.3. The molecule has 0 aromatic carbocycles. The summed E-state index contributed by atoms with van der Waals surface area (Å²) in [7, 11) is 0. The highest BCUT2D eigenvalue weighted by Crippen LogP contribution is 2.17.